The average Bonchev–Trinajstić information content (AvgIpc) is 3.31. The van der Waals surface area contributed by atoms with E-state index in [2.05, 4.69) is 19.8 Å². The second-order valence-electron chi connectivity index (χ2n) is 7.47. The third-order valence-electron chi connectivity index (χ3n) is 5.24. The Balaban J connectivity index is 1.61. The predicted octanol–water partition coefficient (Wildman–Crippen LogP) is 3.21. The highest BCUT2D eigenvalue weighted by molar-refractivity contribution is 7.21. The summed E-state index contributed by atoms with van der Waals surface area (Å²) in [5.74, 6) is -1.22. The van der Waals surface area contributed by atoms with Crippen LogP contribution in [0, 0.1) is 5.82 Å². The lowest BCUT2D eigenvalue weighted by atomic mass is 10.1. The zero-order valence-corrected chi connectivity index (χ0v) is 20.9. The molecule has 0 N–H and O–H groups in total. The molecule has 190 valence electrons. The molecule has 11 nitrogen and oxygen atoms in total. The zero-order valence-electron chi connectivity index (χ0n) is 19.7. The summed E-state index contributed by atoms with van der Waals surface area (Å²) >= 11 is 0. The van der Waals surface area contributed by atoms with E-state index < -0.39 is 23.5 Å². The number of tetrazole rings is 1. The van der Waals surface area contributed by atoms with Gasteiger partial charge < -0.3 is 14.2 Å². The second kappa shape index (κ2) is 11.0. The number of benzene rings is 3. The maximum absolute atomic E-state index is 14.4. The summed E-state index contributed by atoms with van der Waals surface area (Å²) in [6, 6.07) is 16.5. The molecule has 37 heavy (non-hydrogen) atoms. The maximum Gasteiger partial charge on any atom is 0.377 e. The summed E-state index contributed by atoms with van der Waals surface area (Å²) in [5, 5.41) is 7.21. The molecule has 0 spiro atoms. The zero-order chi connectivity index (χ0) is 26.5. The lowest BCUT2D eigenvalue weighted by molar-refractivity contribution is 0.0469. The molecule has 4 rings (SSSR count). The van der Waals surface area contributed by atoms with Gasteiger partial charge in [0, 0.05) is 5.69 Å². The Bertz CT molecular complexity index is 1510. The van der Waals surface area contributed by atoms with Crippen LogP contribution >= 0.6 is 9.39 Å². The van der Waals surface area contributed by atoms with Gasteiger partial charge in [0.25, 0.3) is 0 Å². The van der Waals surface area contributed by atoms with Gasteiger partial charge in [-0.3, -0.25) is 4.67 Å². The summed E-state index contributed by atoms with van der Waals surface area (Å²) in [5.41, 5.74) is -0.271. The molecule has 0 saturated heterocycles. The Labute approximate surface area is 212 Å². The van der Waals surface area contributed by atoms with E-state index >= 15 is 0 Å². The Kier molecular flexibility index (Phi) is 7.59. The van der Waals surface area contributed by atoms with Crippen molar-refractivity contribution in [3.8, 4) is 17.2 Å². The van der Waals surface area contributed by atoms with Crippen LogP contribution in [0.5, 0.6) is 11.5 Å². The third kappa shape index (κ3) is 5.19. The van der Waals surface area contributed by atoms with E-state index in [9.17, 15) is 18.8 Å². The minimum absolute atomic E-state index is 0.0261. The molecule has 1 unspecified atom stereocenters. The van der Waals surface area contributed by atoms with Crippen molar-refractivity contribution >= 4 is 27.1 Å². The number of amides is 1. The van der Waals surface area contributed by atoms with Gasteiger partial charge in [-0.05, 0) is 55.7 Å². The van der Waals surface area contributed by atoms with Crippen molar-refractivity contribution in [1.29, 1.82) is 0 Å². The van der Waals surface area contributed by atoms with Crippen molar-refractivity contribution in [1.82, 2.24) is 19.8 Å². The van der Waals surface area contributed by atoms with E-state index in [1.54, 1.807) is 0 Å². The highest BCUT2D eigenvalue weighted by Crippen LogP contribution is 2.28. The number of ether oxygens (including phenoxy) is 3. The number of carbonyl (C=O) groups excluding carboxylic acids is 2. The lowest BCUT2D eigenvalue weighted by Gasteiger charge is -2.17. The van der Waals surface area contributed by atoms with Crippen LogP contribution in [-0.4, -0.2) is 46.0 Å². The predicted molar refractivity (Wildman–Crippen MR) is 134 cm³/mol. The van der Waals surface area contributed by atoms with E-state index in [-0.39, 0.29) is 35.0 Å². The fourth-order valence-corrected chi connectivity index (χ4v) is 3.66. The number of anilines is 1. The number of aromatic nitrogens is 4. The monoisotopic (exact) mass is 525 g/mol. The van der Waals surface area contributed by atoms with E-state index in [0.717, 1.165) is 16.3 Å². The molecule has 0 aliphatic rings. The van der Waals surface area contributed by atoms with Crippen LogP contribution in [0.3, 0.4) is 0 Å². The molecule has 0 saturated carbocycles. The number of hydrogen-bond donors (Lipinski definition) is 0. The van der Waals surface area contributed by atoms with Gasteiger partial charge in [0.2, 0.25) is 0 Å². The van der Waals surface area contributed by atoms with Crippen LogP contribution in [-0.2, 0) is 11.3 Å². The highest BCUT2D eigenvalue weighted by atomic mass is 31.0. The summed E-state index contributed by atoms with van der Waals surface area (Å²) in [7, 11) is 4.83. The Morgan fingerprint density at radius 2 is 1.70 bits per heavy atom. The Morgan fingerprint density at radius 1 is 0.973 bits per heavy atom. The largest absolute Gasteiger partial charge is 0.496 e. The molecule has 1 heterocycles. The van der Waals surface area contributed by atoms with Gasteiger partial charge in [-0.25, -0.2) is 18.8 Å². The summed E-state index contributed by atoms with van der Waals surface area (Å²) in [6.45, 7) is 0.0363. The topological polar surface area (TPSA) is 118 Å². The molecule has 3 aromatic carbocycles. The quantitative estimate of drug-likeness (QED) is 0.205. The van der Waals surface area contributed by atoms with E-state index in [1.165, 1.54) is 44.6 Å². The molecular weight excluding hydrogens is 504 g/mol. The molecule has 0 aliphatic heterocycles. The highest BCUT2D eigenvalue weighted by Gasteiger charge is 2.25. The van der Waals surface area contributed by atoms with Crippen LogP contribution in [0.4, 0.5) is 14.9 Å². The first-order chi connectivity index (χ1) is 17.8. The molecule has 0 radical (unpaired) electrons. The van der Waals surface area contributed by atoms with Gasteiger partial charge in [-0.2, -0.15) is 4.68 Å². The number of rotatable bonds is 7. The summed E-state index contributed by atoms with van der Waals surface area (Å²) in [4.78, 5) is 38.7. The third-order valence-corrected chi connectivity index (χ3v) is 5.76. The number of para-hydroxylation sites is 1. The van der Waals surface area contributed by atoms with Crippen molar-refractivity contribution in [2.75, 3.05) is 18.9 Å². The van der Waals surface area contributed by atoms with E-state index in [1.807, 2.05) is 30.3 Å². The molecule has 4 aromatic rings. The van der Waals surface area contributed by atoms with Crippen molar-refractivity contribution in [2.24, 2.45) is 0 Å². The number of carbonyl (C=O) groups is 2. The number of halogens is 1. The standard InChI is InChI=1S/C24H21FN5O6P/c1-34-19-12-11-16(13-17(19)22(31)36-14-15-7-4-3-5-8-15)30(37)24(33)29-23(32)28(26-27-29)21-18(25)9-6-10-20(21)35-2/h3-13H,14,37H2,1-2H3. The first-order valence-corrected chi connectivity index (χ1v) is 11.2. The van der Waals surface area contributed by atoms with Gasteiger partial charge in [-0.15, -0.1) is 4.68 Å². The van der Waals surface area contributed by atoms with Gasteiger partial charge in [0.1, 0.15) is 29.4 Å². The molecule has 1 atom stereocenters. The minimum Gasteiger partial charge on any atom is -0.496 e. The smallest absolute Gasteiger partial charge is 0.377 e. The number of hydrogen-bond acceptors (Lipinski definition) is 8. The number of methoxy groups -OCH3 is 2. The first-order valence-electron chi connectivity index (χ1n) is 10.7. The molecule has 0 aliphatic carbocycles. The van der Waals surface area contributed by atoms with Crippen molar-refractivity contribution in [3.63, 3.8) is 0 Å². The molecular formula is C24H21FN5O6P. The van der Waals surface area contributed by atoms with Crippen LogP contribution in [0.15, 0.2) is 71.5 Å². The van der Waals surface area contributed by atoms with Crippen LogP contribution < -0.4 is 19.8 Å². The number of nitrogens with zero attached hydrogens (tertiary/aromatic N) is 5. The summed E-state index contributed by atoms with van der Waals surface area (Å²) < 4.78 is 32.2. The fourth-order valence-electron chi connectivity index (χ4n) is 3.39. The van der Waals surface area contributed by atoms with Gasteiger partial charge in [-0.1, -0.05) is 36.4 Å². The van der Waals surface area contributed by atoms with Crippen molar-refractivity contribution in [3.05, 3.63) is 94.2 Å². The maximum atomic E-state index is 14.4. The first kappa shape index (κ1) is 25.5. The number of esters is 1. The molecule has 1 aromatic heterocycles. The van der Waals surface area contributed by atoms with Gasteiger partial charge in [0.15, 0.2) is 5.82 Å². The van der Waals surface area contributed by atoms with Gasteiger partial charge in [0.05, 0.1) is 14.2 Å². The Morgan fingerprint density at radius 3 is 2.41 bits per heavy atom. The molecule has 0 fully saturated rings. The SMILES string of the molecule is COc1ccc(N(P)C(=O)n2nnn(-c3c(F)cccc3OC)c2=O)cc1C(=O)OCc1ccccc1. The Hall–Kier alpha value is -4.57. The van der Waals surface area contributed by atoms with E-state index in [4.69, 9.17) is 14.2 Å². The van der Waals surface area contributed by atoms with E-state index in [0.29, 0.717) is 9.36 Å². The molecule has 13 heteroatoms. The van der Waals surface area contributed by atoms with Crippen LogP contribution in [0.2, 0.25) is 0 Å². The minimum atomic E-state index is -1.03. The van der Waals surface area contributed by atoms with Crippen molar-refractivity contribution < 1.29 is 28.2 Å². The van der Waals surface area contributed by atoms with Crippen molar-refractivity contribution in [2.45, 2.75) is 6.61 Å². The fraction of sp³-hybridized carbons (Fsp3) is 0.125. The second-order valence-corrected chi connectivity index (χ2v) is 7.99. The average molecular weight is 525 g/mol. The van der Waals surface area contributed by atoms with Gasteiger partial charge >= 0.3 is 17.7 Å². The molecule has 1 amide bonds. The van der Waals surface area contributed by atoms with Crippen LogP contribution in [0.1, 0.15) is 15.9 Å². The van der Waals surface area contributed by atoms with Crippen LogP contribution in [0.25, 0.3) is 5.69 Å². The summed E-state index contributed by atoms with van der Waals surface area (Å²) in [6.07, 6.45) is 0. The normalized spacial score (nSPS) is 10.6. The molecule has 0 bridgehead atoms. The lowest BCUT2D eigenvalue weighted by Crippen LogP contribution is -2.36.